The van der Waals surface area contributed by atoms with Gasteiger partial charge in [0.15, 0.2) is 18.1 Å². The normalized spacial score (nSPS) is 10.1. The minimum Gasteiger partial charge on any atom is -0.493 e. The molecular formula is C18H18BrNO5. The highest BCUT2D eigenvalue weighted by Gasteiger charge is 2.14. The van der Waals surface area contributed by atoms with Crippen LogP contribution in [0.3, 0.4) is 0 Å². The first-order chi connectivity index (χ1) is 11.9. The van der Waals surface area contributed by atoms with Crippen molar-refractivity contribution in [2.45, 2.75) is 6.92 Å². The molecule has 0 aliphatic heterocycles. The molecule has 0 unspecified atom stereocenters. The Labute approximate surface area is 154 Å². The molecule has 1 amide bonds. The molecule has 0 saturated carbocycles. The molecule has 7 heteroatoms. The summed E-state index contributed by atoms with van der Waals surface area (Å²) in [6.45, 7) is 1.55. The molecule has 0 radical (unpaired) electrons. The highest BCUT2D eigenvalue weighted by atomic mass is 79.9. The fourth-order valence-electron chi connectivity index (χ4n) is 2.05. The molecular weight excluding hydrogens is 390 g/mol. The number of esters is 1. The van der Waals surface area contributed by atoms with E-state index in [9.17, 15) is 9.59 Å². The monoisotopic (exact) mass is 407 g/mol. The molecule has 0 aliphatic rings. The van der Waals surface area contributed by atoms with Gasteiger partial charge in [0.1, 0.15) is 0 Å². The minimum absolute atomic E-state index is 0.267. The van der Waals surface area contributed by atoms with E-state index in [0.717, 1.165) is 10.0 Å². The van der Waals surface area contributed by atoms with Crippen LogP contribution >= 0.6 is 15.9 Å². The van der Waals surface area contributed by atoms with E-state index in [1.807, 2.05) is 13.0 Å². The molecule has 25 heavy (non-hydrogen) atoms. The molecule has 0 heterocycles. The molecule has 0 fully saturated rings. The SMILES string of the molecule is COc1ccc(C(=O)OCC(=O)Nc2ccc(C)c(Br)c2)cc1OC. The van der Waals surface area contributed by atoms with Crippen molar-refractivity contribution in [3.8, 4) is 11.5 Å². The van der Waals surface area contributed by atoms with E-state index in [1.54, 1.807) is 24.3 Å². The minimum atomic E-state index is -0.624. The zero-order valence-corrected chi connectivity index (χ0v) is 15.7. The van der Waals surface area contributed by atoms with E-state index in [1.165, 1.54) is 20.3 Å². The maximum Gasteiger partial charge on any atom is 0.338 e. The van der Waals surface area contributed by atoms with Crippen molar-refractivity contribution in [2.24, 2.45) is 0 Å². The topological polar surface area (TPSA) is 73.9 Å². The second kappa shape index (κ2) is 8.53. The Morgan fingerprint density at radius 1 is 1.04 bits per heavy atom. The van der Waals surface area contributed by atoms with Gasteiger partial charge in [0.25, 0.3) is 5.91 Å². The van der Waals surface area contributed by atoms with Crippen LogP contribution in [0.1, 0.15) is 15.9 Å². The van der Waals surface area contributed by atoms with Crippen LogP contribution in [0.15, 0.2) is 40.9 Å². The van der Waals surface area contributed by atoms with Gasteiger partial charge in [-0.25, -0.2) is 4.79 Å². The summed E-state index contributed by atoms with van der Waals surface area (Å²) in [6, 6.07) is 10.1. The summed E-state index contributed by atoms with van der Waals surface area (Å²) in [4.78, 5) is 24.0. The maximum absolute atomic E-state index is 12.1. The average Bonchev–Trinajstić information content (AvgIpc) is 2.62. The number of anilines is 1. The summed E-state index contributed by atoms with van der Waals surface area (Å²) in [5.74, 6) is -0.140. The Kier molecular flexibility index (Phi) is 6.41. The van der Waals surface area contributed by atoms with Crippen molar-refractivity contribution in [3.63, 3.8) is 0 Å². The van der Waals surface area contributed by atoms with Crippen LogP contribution in [0, 0.1) is 6.92 Å². The summed E-state index contributed by atoms with van der Waals surface area (Å²) in [7, 11) is 2.98. The molecule has 2 aromatic rings. The van der Waals surface area contributed by atoms with E-state index in [4.69, 9.17) is 14.2 Å². The Bertz CT molecular complexity index is 791. The number of rotatable bonds is 6. The van der Waals surface area contributed by atoms with Gasteiger partial charge in [0.2, 0.25) is 0 Å². The number of methoxy groups -OCH3 is 2. The number of benzene rings is 2. The van der Waals surface area contributed by atoms with Gasteiger partial charge in [-0.3, -0.25) is 4.79 Å². The Hall–Kier alpha value is -2.54. The van der Waals surface area contributed by atoms with Gasteiger partial charge < -0.3 is 19.5 Å². The molecule has 0 atom stereocenters. The summed E-state index contributed by atoms with van der Waals surface area (Å²) in [6.07, 6.45) is 0. The average molecular weight is 408 g/mol. The lowest BCUT2D eigenvalue weighted by molar-refractivity contribution is -0.119. The Morgan fingerprint density at radius 2 is 1.76 bits per heavy atom. The summed E-state index contributed by atoms with van der Waals surface area (Å²) < 4.78 is 16.2. The van der Waals surface area contributed by atoms with Gasteiger partial charge >= 0.3 is 5.97 Å². The van der Waals surface area contributed by atoms with E-state index in [-0.39, 0.29) is 5.56 Å². The number of amides is 1. The van der Waals surface area contributed by atoms with Crippen LogP contribution in [0.4, 0.5) is 5.69 Å². The highest BCUT2D eigenvalue weighted by molar-refractivity contribution is 9.10. The number of ether oxygens (including phenoxy) is 3. The molecule has 0 aromatic heterocycles. The first kappa shape index (κ1) is 18.8. The van der Waals surface area contributed by atoms with Gasteiger partial charge in [0, 0.05) is 10.2 Å². The standard InChI is InChI=1S/C18H18BrNO5/c1-11-4-6-13(9-14(11)19)20-17(21)10-25-18(22)12-5-7-15(23-2)16(8-12)24-3/h4-9H,10H2,1-3H3,(H,20,21). The van der Waals surface area contributed by atoms with E-state index in [2.05, 4.69) is 21.2 Å². The van der Waals surface area contributed by atoms with Crippen LogP contribution in [0.5, 0.6) is 11.5 Å². The van der Waals surface area contributed by atoms with Crippen molar-refractivity contribution in [3.05, 3.63) is 52.0 Å². The fraction of sp³-hybridized carbons (Fsp3) is 0.222. The molecule has 2 aromatic carbocycles. The smallest absolute Gasteiger partial charge is 0.338 e. The summed E-state index contributed by atoms with van der Waals surface area (Å²) >= 11 is 3.40. The molecule has 1 N–H and O–H groups in total. The predicted octanol–water partition coefficient (Wildman–Crippen LogP) is 3.57. The van der Waals surface area contributed by atoms with E-state index < -0.39 is 18.5 Å². The third-order valence-corrected chi connectivity index (χ3v) is 4.26. The van der Waals surface area contributed by atoms with Gasteiger partial charge in [-0.2, -0.15) is 0 Å². The van der Waals surface area contributed by atoms with E-state index >= 15 is 0 Å². The molecule has 0 aliphatic carbocycles. The molecule has 132 valence electrons. The largest absolute Gasteiger partial charge is 0.493 e. The third kappa shape index (κ3) is 4.96. The van der Waals surface area contributed by atoms with Crippen LogP contribution in [0.2, 0.25) is 0 Å². The van der Waals surface area contributed by atoms with Gasteiger partial charge in [-0.05, 0) is 42.8 Å². The van der Waals surface area contributed by atoms with Crippen molar-refractivity contribution < 1.29 is 23.8 Å². The predicted molar refractivity (Wildman–Crippen MR) is 97.3 cm³/mol. The number of halogens is 1. The van der Waals surface area contributed by atoms with Crippen LogP contribution in [-0.4, -0.2) is 32.7 Å². The van der Waals surface area contributed by atoms with Crippen LogP contribution in [-0.2, 0) is 9.53 Å². The molecule has 6 nitrogen and oxygen atoms in total. The maximum atomic E-state index is 12.1. The van der Waals surface area contributed by atoms with Gasteiger partial charge in [0.05, 0.1) is 19.8 Å². The lowest BCUT2D eigenvalue weighted by atomic mass is 10.2. The van der Waals surface area contributed by atoms with Gasteiger partial charge in [-0.1, -0.05) is 22.0 Å². The van der Waals surface area contributed by atoms with Crippen LogP contribution in [0.25, 0.3) is 0 Å². The number of hydrogen-bond donors (Lipinski definition) is 1. The number of hydrogen-bond acceptors (Lipinski definition) is 5. The van der Waals surface area contributed by atoms with Crippen LogP contribution < -0.4 is 14.8 Å². The molecule has 0 spiro atoms. The molecule has 0 bridgehead atoms. The number of carbonyl (C=O) groups is 2. The molecule has 0 saturated heterocycles. The summed E-state index contributed by atoms with van der Waals surface area (Å²) in [5, 5.41) is 2.67. The number of nitrogens with one attached hydrogen (secondary N) is 1. The Morgan fingerprint density at radius 3 is 2.40 bits per heavy atom. The van der Waals surface area contributed by atoms with Crippen molar-refractivity contribution in [1.82, 2.24) is 0 Å². The van der Waals surface area contributed by atoms with E-state index in [0.29, 0.717) is 17.2 Å². The number of aryl methyl sites for hydroxylation is 1. The highest BCUT2D eigenvalue weighted by Crippen LogP contribution is 2.27. The van der Waals surface area contributed by atoms with Crippen molar-refractivity contribution >= 4 is 33.5 Å². The first-order valence-electron chi connectivity index (χ1n) is 7.39. The molecule has 2 rings (SSSR count). The van der Waals surface area contributed by atoms with Crippen molar-refractivity contribution in [2.75, 3.05) is 26.1 Å². The third-order valence-electron chi connectivity index (χ3n) is 3.41. The first-order valence-corrected chi connectivity index (χ1v) is 8.19. The lowest BCUT2D eigenvalue weighted by Crippen LogP contribution is -2.21. The zero-order valence-electron chi connectivity index (χ0n) is 14.1. The fourth-order valence-corrected chi connectivity index (χ4v) is 2.42. The summed E-state index contributed by atoms with van der Waals surface area (Å²) in [5.41, 5.74) is 1.94. The quantitative estimate of drug-likeness (QED) is 0.740. The van der Waals surface area contributed by atoms with Crippen molar-refractivity contribution in [1.29, 1.82) is 0 Å². The second-order valence-electron chi connectivity index (χ2n) is 5.16. The Balaban J connectivity index is 1.94. The second-order valence-corrected chi connectivity index (χ2v) is 6.01. The lowest BCUT2D eigenvalue weighted by Gasteiger charge is -2.10. The zero-order chi connectivity index (χ0) is 18.4. The van der Waals surface area contributed by atoms with Gasteiger partial charge in [-0.15, -0.1) is 0 Å². The number of carbonyl (C=O) groups excluding carboxylic acids is 2.